The molecule has 0 spiro atoms. The predicted octanol–water partition coefficient (Wildman–Crippen LogP) is 14.9. The normalized spacial score (nSPS) is 12.9. The third-order valence-corrected chi connectivity index (χ3v) is 13.9. The zero-order chi connectivity index (χ0) is 45.4. The highest BCUT2D eigenvalue weighted by molar-refractivity contribution is 7.26. The van der Waals surface area contributed by atoms with Crippen LogP contribution in [0.5, 0.6) is 0 Å². The van der Waals surface area contributed by atoms with Crippen molar-refractivity contribution in [1.82, 2.24) is 28.7 Å². The lowest BCUT2D eigenvalue weighted by Crippen LogP contribution is -2.11. The number of hydrogen-bond donors (Lipinski definition) is 0. The monoisotopic (exact) mass is 838 g/mol. The van der Waals surface area contributed by atoms with Crippen LogP contribution in [0.4, 0.5) is 0 Å². The first-order valence-corrected chi connectivity index (χ1v) is 22.0. The molecular weight excluding hydrogens is 801 g/mol. The molecule has 0 aliphatic rings. The average molecular weight is 839 g/mol. The van der Waals surface area contributed by atoms with Gasteiger partial charge in [-0.2, -0.15) is 15.0 Å². The molecule has 0 saturated heterocycles. The Morgan fingerprint density at radius 1 is 0.359 bits per heavy atom. The summed E-state index contributed by atoms with van der Waals surface area (Å²) in [6, 6.07) is 61.6. The Morgan fingerprint density at radius 3 is 1.42 bits per heavy atom. The molecule has 0 bridgehead atoms. The van der Waals surface area contributed by atoms with Gasteiger partial charge in [0.05, 0.1) is 49.8 Å². The van der Waals surface area contributed by atoms with Crippen LogP contribution in [-0.2, 0) is 0 Å². The van der Waals surface area contributed by atoms with E-state index in [0.717, 1.165) is 76.1 Å². The number of para-hydroxylation sites is 6. The number of thiophene rings is 1. The van der Waals surface area contributed by atoms with E-state index >= 15 is 0 Å². The van der Waals surface area contributed by atoms with Gasteiger partial charge < -0.3 is 4.57 Å². The van der Waals surface area contributed by atoms with Crippen molar-refractivity contribution >= 4 is 96.9 Å². The molecule has 5 heterocycles. The molecule has 5 aromatic heterocycles. The Hall–Kier alpha value is -8.39. The molecule has 0 aliphatic heterocycles. The van der Waals surface area contributed by atoms with E-state index in [-0.39, 0.29) is 35.6 Å². The van der Waals surface area contributed by atoms with Crippen molar-refractivity contribution in [2.24, 2.45) is 0 Å². The molecule has 9 aromatic carbocycles. The number of fused-ring (bicyclic) bond motifs is 12. The van der Waals surface area contributed by atoms with E-state index in [1.165, 1.54) is 10.1 Å². The Morgan fingerprint density at radius 2 is 0.812 bits per heavy atom. The largest absolute Gasteiger partial charge is 0.308 e. The van der Waals surface area contributed by atoms with Crippen LogP contribution >= 0.6 is 11.3 Å². The van der Waals surface area contributed by atoms with Crippen molar-refractivity contribution in [1.29, 1.82) is 0 Å². The molecule has 0 saturated carbocycles. The lowest BCUT2D eigenvalue weighted by molar-refractivity contribution is 0.892. The molecule has 0 fully saturated rings. The Kier molecular flexibility index (Phi) is 6.66. The first-order chi connectivity index (χ1) is 33.4. The fourth-order valence-electron chi connectivity index (χ4n) is 10.0. The zero-order valence-electron chi connectivity index (χ0n) is 37.9. The summed E-state index contributed by atoms with van der Waals surface area (Å²) < 4.78 is 44.8. The molecule has 0 amide bonds. The van der Waals surface area contributed by atoms with Gasteiger partial charge in [-0.25, -0.2) is 0 Å². The van der Waals surface area contributed by atoms with Crippen LogP contribution in [0.15, 0.2) is 206 Å². The molecular formula is C57H34N6S. The summed E-state index contributed by atoms with van der Waals surface area (Å²) >= 11 is 1.77. The number of rotatable bonds is 5. The SMILES string of the molecule is [2H]c1c([2H])c([2H])c2c(c1[2H])c1ccccc1n2-c1nc(-c2c(-c3cccc4c3sc3ccccc34)cccc2-n2c3ccccc3c3ccccc32)nc(-n2c3ccccc3c3ccccc32)n1. The molecule has 6 nitrogen and oxygen atoms in total. The second-order valence-electron chi connectivity index (χ2n) is 16.1. The minimum absolute atomic E-state index is 0.122. The standard InChI is InChI=1S/C57H34N6S/c1-8-27-45-35(17-1)36-18-2-9-28-46(36)61(45)51-33-16-24-42(44-26-15-25-43-41-23-7-14-34-52(41)64-54(43)44)53(51)55-58-56(62-47-29-10-3-19-37(47)38-20-4-11-30-48(38)62)60-57(59-55)63-49-31-12-5-21-39(49)40-22-6-13-32-50(40)63/h1-34H/i3D,10D,19D,29D. The number of benzene rings is 9. The highest BCUT2D eigenvalue weighted by Gasteiger charge is 2.26. The minimum Gasteiger partial charge on any atom is -0.308 e. The third-order valence-electron chi connectivity index (χ3n) is 12.7. The summed E-state index contributed by atoms with van der Waals surface area (Å²) in [5.41, 5.74) is 8.41. The fourth-order valence-corrected chi connectivity index (χ4v) is 11.2. The highest BCUT2D eigenvalue weighted by Crippen LogP contribution is 2.46. The highest BCUT2D eigenvalue weighted by atomic mass is 32.1. The first kappa shape index (κ1) is 31.5. The molecule has 0 radical (unpaired) electrons. The molecule has 0 N–H and O–H groups in total. The van der Waals surface area contributed by atoms with Gasteiger partial charge in [-0.1, -0.05) is 158 Å². The lowest BCUT2D eigenvalue weighted by atomic mass is 9.95. The van der Waals surface area contributed by atoms with Crippen LogP contribution in [0.25, 0.3) is 126 Å². The van der Waals surface area contributed by atoms with Crippen LogP contribution in [0.1, 0.15) is 5.48 Å². The van der Waals surface area contributed by atoms with Gasteiger partial charge >= 0.3 is 0 Å². The summed E-state index contributed by atoms with van der Waals surface area (Å²) in [5, 5.41) is 7.74. The third kappa shape index (κ3) is 4.98. The van der Waals surface area contributed by atoms with Crippen molar-refractivity contribution in [3.63, 3.8) is 0 Å². The van der Waals surface area contributed by atoms with Gasteiger partial charge in [0.1, 0.15) is 0 Å². The van der Waals surface area contributed by atoms with E-state index in [4.69, 9.17) is 17.7 Å². The van der Waals surface area contributed by atoms with E-state index in [2.05, 4.69) is 143 Å². The van der Waals surface area contributed by atoms with Crippen molar-refractivity contribution < 1.29 is 5.48 Å². The van der Waals surface area contributed by atoms with Gasteiger partial charge in [0.15, 0.2) is 5.82 Å². The van der Waals surface area contributed by atoms with Gasteiger partial charge in [0.25, 0.3) is 0 Å². The minimum atomic E-state index is -0.334. The summed E-state index contributed by atoms with van der Waals surface area (Å²) in [5.74, 6) is 0.965. The van der Waals surface area contributed by atoms with Crippen LogP contribution in [0.3, 0.4) is 0 Å². The smallest absolute Gasteiger partial charge is 0.240 e. The number of aromatic nitrogens is 6. The van der Waals surface area contributed by atoms with Crippen molar-refractivity contribution in [2.75, 3.05) is 0 Å². The average Bonchev–Trinajstić information content (AvgIpc) is 4.14. The summed E-state index contributed by atoms with van der Waals surface area (Å²) in [6.07, 6.45) is 0. The fraction of sp³-hybridized carbons (Fsp3) is 0. The van der Waals surface area contributed by atoms with Gasteiger partial charge in [-0.05, 0) is 54.1 Å². The number of hydrogen-bond acceptors (Lipinski definition) is 4. The second-order valence-corrected chi connectivity index (χ2v) is 17.1. The topological polar surface area (TPSA) is 53.5 Å². The Bertz CT molecular complexity index is 4360. The molecule has 0 atom stereocenters. The molecule has 0 aliphatic carbocycles. The predicted molar refractivity (Wildman–Crippen MR) is 267 cm³/mol. The van der Waals surface area contributed by atoms with Crippen molar-refractivity contribution in [3.05, 3.63) is 206 Å². The quantitative estimate of drug-likeness (QED) is 0.173. The van der Waals surface area contributed by atoms with Crippen LogP contribution < -0.4 is 0 Å². The first-order valence-electron chi connectivity index (χ1n) is 23.2. The molecule has 14 aromatic rings. The Labute approximate surface area is 375 Å². The molecule has 0 unspecified atom stereocenters. The number of nitrogens with zero attached hydrogens (tertiary/aromatic N) is 6. The maximum Gasteiger partial charge on any atom is 0.240 e. The van der Waals surface area contributed by atoms with Crippen LogP contribution in [0, 0.1) is 0 Å². The molecule has 298 valence electrons. The molecule has 64 heavy (non-hydrogen) atoms. The maximum absolute atomic E-state index is 9.44. The van der Waals surface area contributed by atoms with E-state index in [9.17, 15) is 2.74 Å². The van der Waals surface area contributed by atoms with E-state index in [1.807, 2.05) is 48.5 Å². The van der Waals surface area contributed by atoms with E-state index in [0.29, 0.717) is 28.1 Å². The van der Waals surface area contributed by atoms with Gasteiger partial charge in [-0.15, -0.1) is 11.3 Å². The van der Waals surface area contributed by atoms with Gasteiger partial charge in [-0.3, -0.25) is 9.13 Å². The molecule has 7 heteroatoms. The van der Waals surface area contributed by atoms with E-state index in [1.54, 1.807) is 15.9 Å². The van der Waals surface area contributed by atoms with Gasteiger partial charge in [0.2, 0.25) is 11.9 Å². The van der Waals surface area contributed by atoms with Crippen LogP contribution in [0.2, 0.25) is 0 Å². The molecule has 14 rings (SSSR count). The zero-order valence-corrected chi connectivity index (χ0v) is 34.7. The summed E-state index contributed by atoms with van der Waals surface area (Å²) in [4.78, 5) is 16.5. The second kappa shape index (κ2) is 13.6. The van der Waals surface area contributed by atoms with Crippen molar-refractivity contribution in [3.8, 4) is 40.1 Å². The Balaban J connectivity index is 1.19. The summed E-state index contributed by atoms with van der Waals surface area (Å²) in [6.45, 7) is 0. The van der Waals surface area contributed by atoms with E-state index < -0.39 is 0 Å². The maximum atomic E-state index is 9.44. The van der Waals surface area contributed by atoms with Gasteiger partial charge in [0, 0.05) is 58.1 Å². The summed E-state index contributed by atoms with van der Waals surface area (Å²) in [7, 11) is 0. The van der Waals surface area contributed by atoms with Crippen LogP contribution in [-0.4, -0.2) is 28.7 Å². The van der Waals surface area contributed by atoms with Crippen molar-refractivity contribution in [2.45, 2.75) is 0 Å². The lowest BCUT2D eigenvalue weighted by Gasteiger charge is -2.19.